The third-order valence-electron chi connectivity index (χ3n) is 6.73. The van der Waals surface area contributed by atoms with Crippen LogP contribution in [0.1, 0.15) is 24.4 Å². The molecule has 2 saturated heterocycles. The molecule has 0 bridgehead atoms. The summed E-state index contributed by atoms with van der Waals surface area (Å²) in [6.45, 7) is 2.02. The molecule has 0 spiro atoms. The van der Waals surface area contributed by atoms with Crippen LogP contribution < -0.4 is 15.5 Å². The lowest BCUT2D eigenvalue weighted by Gasteiger charge is -2.38. The Morgan fingerprint density at radius 3 is 2.74 bits per heavy atom. The average Bonchev–Trinajstić information content (AvgIpc) is 3.45. The summed E-state index contributed by atoms with van der Waals surface area (Å²) in [7, 11) is 0. The van der Waals surface area contributed by atoms with Gasteiger partial charge >= 0.3 is 0 Å². The van der Waals surface area contributed by atoms with Gasteiger partial charge in [0.1, 0.15) is 23.1 Å². The Bertz CT molecular complexity index is 1380. The minimum atomic E-state index is -0.274. The second-order valence-electron chi connectivity index (χ2n) is 8.90. The van der Waals surface area contributed by atoms with Gasteiger partial charge in [0.15, 0.2) is 5.65 Å². The van der Waals surface area contributed by atoms with Gasteiger partial charge in [0.25, 0.3) is 0 Å². The minimum Gasteiger partial charge on any atom is -0.369 e. The number of imidazole rings is 1. The summed E-state index contributed by atoms with van der Waals surface area (Å²) in [4.78, 5) is 24.9. The fourth-order valence-corrected chi connectivity index (χ4v) is 4.88. The third kappa shape index (κ3) is 3.53. The highest BCUT2D eigenvalue weighted by molar-refractivity contribution is 5.80. The molecule has 1 amide bonds. The van der Waals surface area contributed by atoms with Crippen molar-refractivity contribution >= 4 is 23.2 Å². The van der Waals surface area contributed by atoms with Gasteiger partial charge in [-0.05, 0) is 54.8 Å². The number of fused-ring (bicyclic) bond motifs is 1. The average molecular weight is 458 g/mol. The Balaban J connectivity index is 1.32. The normalized spacial score (nSPS) is 18.4. The van der Waals surface area contributed by atoms with Gasteiger partial charge in [-0.3, -0.25) is 4.79 Å². The van der Waals surface area contributed by atoms with Gasteiger partial charge < -0.3 is 15.5 Å². The van der Waals surface area contributed by atoms with Gasteiger partial charge in [-0.2, -0.15) is 0 Å². The van der Waals surface area contributed by atoms with E-state index in [-0.39, 0.29) is 23.7 Å². The summed E-state index contributed by atoms with van der Waals surface area (Å²) < 4.78 is 15.7. The van der Waals surface area contributed by atoms with Gasteiger partial charge in [0, 0.05) is 19.6 Å². The van der Waals surface area contributed by atoms with Gasteiger partial charge in [0.2, 0.25) is 5.91 Å². The highest BCUT2D eigenvalue weighted by atomic mass is 19.1. The Morgan fingerprint density at radius 2 is 1.91 bits per heavy atom. The molecular weight excluding hydrogens is 433 g/mol. The van der Waals surface area contributed by atoms with E-state index in [1.54, 1.807) is 18.3 Å². The SMILES string of the molecule is NC(=O)C1CN(c2cccc(-c3cnc4ccc(N5CCC[C@@H]5c5cccc(F)c5)nn34)n2)C1. The van der Waals surface area contributed by atoms with Crippen LogP contribution in [0.4, 0.5) is 16.0 Å². The van der Waals surface area contributed by atoms with Gasteiger partial charge in [0.05, 0.1) is 23.9 Å². The number of carbonyl (C=O) groups excluding carboxylic acids is 1. The molecule has 9 heteroatoms. The van der Waals surface area contributed by atoms with E-state index in [0.29, 0.717) is 13.1 Å². The van der Waals surface area contributed by atoms with Crippen LogP contribution in [-0.4, -0.2) is 45.1 Å². The monoisotopic (exact) mass is 457 g/mol. The van der Waals surface area contributed by atoms with Crippen molar-refractivity contribution < 1.29 is 9.18 Å². The molecule has 0 radical (unpaired) electrons. The summed E-state index contributed by atoms with van der Waals surface area (Å²) in [6, 6.07) is 16.6. The number of benzene rings is 1. The summed E-state index contributed by atoms with van der Waals surface area (Å²) >= 11 is 0. The molecule has 0 saturated carbocycles. The molecule has 0 aliphatic carbocycles. The van der Waals surface area contributed by atoms with Crippen molar-refractivity contribution in [1.82, 2.24) is 19.6 Å². The van der Waals surface area contributed by atoms with Crippen LogP contribution in [0.2, 0.25) is 0 Å². The first-order valence-corrected chi connectivity index (χ1v) is 11.5. The first-order chi connectivity index (χ1) is 16.6. The predicted octanol–water partition coefficient (Wildman–Crippen LogP) is 3.19. The molecular formula is C25H24FN7O. The molecule has 0 unspecified atom stereocenters. The van der Waals surface area contributed by atoms with Gasteiger partial charge in [-0.1, -0.05) is 18.2 Å². The molecule has 1 atom stereocenters. The smallest absolute Gasteiger partial charge is 0.224 e. The van der Waals surface area contributed by atoms with Crippen LogP contribution >= 0.6 is 0 Å². The zero-order valence-electron chi connectivity index (χ0n) is 18.5. The molecule has 2 N–H and O–H groups in total. The standard InChI is InChI=1S/C25H24FN7O/c26-18-5-1-4-16(12-18)20-7-3-11-32(20)24-10-9-22-28-13-21(33(22)30-24)19-6-2-8-23(29-19)31-14-17(15-31)25(27)34/h1-2,4-6,8-10,12-13,17,20H,3,7,11,14-15H2,(H2,27,34)/t20-/m1/s1. The van der Waals surface area contributed by atoms with Crippen molar-refractivity contribution in [3.05, 3.63) is 72.2 Å². The molecule has 2 fully saturated rings. The number of nitrogens with two attached hydrogens (primary N) is 1. The molecule has 5 heterocycles. The predicted molar refractivity (Wildman–Crippen MR) is 127 cm³/mol. The Hall–Kier alpha value is -4.01. The summed E-state index contributed by atoms with van der Waals surface area (Å²) in [5.74, 6) is 0.995. The zero-order chi connectivity index (χ0) is 23.2. The van der Waals surface area contributed by atoms with Crippen molar-refractivity contribution in [3.8, 4) is 11.4 Å². The van der Waals surface area contributed by atoms with E-state index in [2.05, 4.69) is 9.88 Å². The van der Waals surface area contributed by atoms with Crippen molar-refractivity contribution in [1.29, 1.82) is 0 Å². The highest BCUT2D eigenvalue weighted by Crippen LogP contribution is 2.36. The van der Waals surface area contributed by atoms with Crippen molar-refractivity contribution in [2.24, 2.45) is 11.7 Å². The highest BCUT2D eigenvalue weighted by Gasteiger charge is 2.32. The molecule has 4 aromatic rings. The molecule has 34 heavy (non-hydrogen) atoms. The number of anilines is 2. The molecule has 2 aliphatic heterocycles. The van der Waals surface area contributed by atoms with Crippen LogP contribution in [0.15, 0.2) is 60.8 Å². The largest absolute Gasteiger partial charge is 0.369 e. The van der Waals surface area contributed by atoms with Crippen LogP contribution in [0.5, 0.6) is 0 Å². The van der Waals surface area contributed by atoms with Crippen LogP contribution in [0, 0.1) is 11.7 Å². The van der Waals surface area contributed by atoms with Crippen LogP contribution in [-0.2, 0) is 4.79 Å². The maximum absolute atomic E-state index is 13.9. The van der Waals surface area contributed by atoms with E-state index in [1.165, 1.54) is 6.07 Å². The molecule has 6 rings (SSSR count). The maximum Gasteiger partial charge on any atom is 0.224 e. The van der Waals surface area contributed by atoms with Crippen molar-refractivity contribution in [2.45, 2.75) is 18.9 Å². The molecule has 2 aliphatic rings. The van der Waals surface area contributed by atoms with Crippen LogP contribution in [0.25, 0.3) is 17.0 Å². The van der Waals surface area contributed by atoms with E-state index < -0.39 is 0 Å². The lowest BCUT2D eigenvalue weighted by molar-refractivity contribution is -0.122. The quantitative estimate of drug-likeness (QED) is 0.495. The van der Waals surface area contributed by atoms with Crippen LogP contribution in [0.3, 0.4) is 0 Å². The fraction of sp³-hybridized carbons (Fsp3) is 0.280. The summed E-state index contributed by atoms with van der Waals surface area (Å²) in [6.07, 6.45) is 3.74. The van der Waals surface area contributed by atoms with Crippen molar-refractivity contribution in [3.63, 3.8) is 0 Å². The number of nitrogens with zero attached hydrogens (tertiary/aromatic N) is 6. The molecule has 172 valence electrons. The number of rotatable bonds is 5. The number of amides is 1. The first kappa shape index (κ1) is 20.6. The second kappa shape index (κ2) is 8.09. The number of pyridine rings is 1. The molecule has 1 aromatic carbocycles. The summed E-state index contributed by atoms with van der Waals surface area (Å²) in [5.41, 5.74) is 8.62. The second-order valence-corrected chi connectivity index (χ2v) is 8.90. The Labute approximate surface area is 195 Å². The Morgan fingerprint density at radius 1 is 1.06 bits per heavy atom. The number of aromatic nitrogens is 4. The third-order valence-corrected chi connectivity index (χ3v) is 6.73. The lowest BCUT2D eigenvalue weighted by atomic mass is 10.00. The van der Waals surface area contributed by atoms with E-state index in [9.17, 15) is 9.18 Å². The van der Waals surface area contributed by atoms with Gasteiger partial charge in [-0.25, -0.2) is 18.9 Å². The van der Waals surface area contributed by atoms with Crippen molar-refractivity contribution in [2.75, 3.05) is 29.4 Å². The van der Waals surface area contributed by atoms with E-state index >= 15 is 0 Å². The van der Waals surface area contributed by atoms with E-state index in [4.69, 9.17) is 15.8 Å². The van der Waals surface area contributed by atoms with Gasteiger partial charge in [-0.15, -0.1) is 5.10 Å². The maximum atomic E-state index is 13.9. The van der Waals surface area contributed by atoms with E-state index in [0.717, 1.165) is 53.6 Å². The number of primary amides is 1. The zero-order valence-corrected chi connectivity index (χ0v) is 18.5. The fourth-order valence-electron chi connectivity index (χ4n) is 4.88. The summed E-state index contributed by atoms with van der Waals surface area (Å²) in [5, 5.41) is 4.91. The Kier molecular flexibility index (Phi) is 4.90. The topological polar surface area (TPSA) is 92.7 Å². The molecule has 3 aromatic heterocycles. The number of halogens is 1. The van der Waals surface area contributed by atoms with E-state index in [1.807, 2.05) is 45.8 Å². The number of hydrogen-bond acceptors (Lipinski definition) is 6. The lowest BCUT2D eigenvalue weighted by Crippen LogP contribution is -2.52. The number of carbonyl (C=O) groups is 1. The first-order valence-electron chi connectivity index (χ1n) is 11.5. The minimum absolute atomic E-state index is 0.0821. The number of hydrogen-bond donors (Lipinski definition) is 1. The molecule has 8 nitrogen and oxygen atoms in total.